The van der Waals surface area contributed by atoms with Crippen molar-refractivity contribution in [3.63, 3.8) is 0 Å². The summed E-state index contributed by atoms with van der Waals surface area (Å²) in [6.45, 7) is 0. The van der Waals surface area contributed by atoms with Gasteiger partial charge in [-0.2, -0.15) is 0 Å². The first-order valence-corrected chi connectivity index (χ1v) is 4.15. The summed E-state index contributed by atoms with van der Waals surface area (Å²) in [7, 11) is 0. The lowest BCUT2D eigenvalue weighted by atomic mass is 10.1. The zero-order valence-electron chi connectivity index (χ0n) is 8.08. The SMILES string of the molecule is O=C(O)/C(O)=C\C(=O)c1c(F)cc(F)cc1F. The third-order valence-electron chi connectivity index (χ3n) is 1.74. The van der Waals surface area contributed by atoms with Gasteiger partial charge in [0.25, 0.3) is 0 Å². The maximum Gasteiger partial charge on any atom is 0.371 e. The molecule has 2 N–H and O–H groups in total. The summed E-state index contributed by atoms with van der Waals surface area (Å²) in [5, 5.41) is 17.0. The van der Waals surface area contributed by atoms with Gasteiger partial charge < -0.3 is 10.2 Å². The molecule has 17 heavy (non-hydrogen) atoms. The van der Waals surface area contributed by atoms with Crippen LogP contribution in [0.2, 0.25) is 0 Å². The normalized spacial score (nSPS) is 11.4. The number of ketones is 1. The van der Waals surface area contributed by atoms with Crippen LogP contribution in [0.1, 0.15) is 10.4 Å². The molecule has 0 amide bonds. The fraction of sp³-hybridized carbons (Fsp3) is 0. The average molecular weight is 246 g/mol. The molecule has 7 heteroatoms. The van der Waals surface area contributed by atoms with Crippen molar-refractivity contribution in [3.05, 3.63) is 47.0 Å². The van der Waals surface area contributed by atoms with Crippen LogP contribution in [-0.2, 0) is 4.79 Å². The number of carboxylic acid groups (broad SMARTS) is 1. The largest absolute Gasteiger partial charge is 0.502 e. The van der Waals surface area contributed by atoms with E-state index in [2.05, 4.69) is 0 Å². The van der Waals surface area contributed by atoms with E-state index < -0.39 is 40.5 Å². The smallest absolute Gasteiger partial charge is 0.371 e. The number of benzene rings is 1. The predicted molar refractivity (Wildman–Crippen MR) is 49.0 cm³/mol. The van der Waals surface area contributed by atoms with Gasteiger partial charge in [-0.25, -0.2) is 18.0 Å². The van der Waals surface area contributed by atoms with Crippen LogP contribution < -0.4 is 0 Å². The summed E-state index contributed by atoms with van der Waals surface area (Å²) in [5.41, 5.74) is -1.14. The van der Waals surface area contributed by atoms with Crippen molar-refractivity contribution in [2.75, 3.05) is 0 Å². The minimum Gasteiger partial charge on any atom is -0.502 e. The summed E-state index contributed by atoms with van der Waals surface area (Å²) in [5.74, 6) is -8.81. The second kappa shape index (κ2) is 4.69. The Hall–Kier alpha value is -2.31. The Morgan fingerprint density at radius 1 is 1.06 bits per heavy atom. The van der Waals surface area contributed by atoms with Gasteiger partial charge in [-0.1, -0.05) is 0 Å². The van der Waals surface area contributed by atoms with Gasteiger partial charge in [-0.05, 0) is 0 Å². The van der Waals surface area contributed by atoms with Crippen LogP contribution in [0.15, 0.2) is 24.0 Å². The molecule has 0 unspecified atom stereocenters. The lowest BCUT2D eigenvalue weighted by Crippen LogP contribution is -2.08. The summed E-state index contributed by atoms with van der Waals surface area (Å²) < 4.78 is 38.6. The number of aliphatic hydroxyl groups is 1. The van der Waals surface area contributed by atoms with E-state index in [1.54, 1.807) is 0 Å². The predicted octanol–water partition coefficient (Wildman–Crippen LogP) is 1.81. The van der Waals surface area contributed by atoms with Gasteiger partial charge in [-0.3, -0.25) is 4.79 Å². The van der Waals surface area contributed by atoms with Gasteiger partial charge in [-0.15, -0.1) is 0 Å². The third-order valence-corrected chi connectivity index (χ3v) is 1.74. The highest BCUT2D eigenvalue weighted by Gasteiger charge is 2.19. The van der Waals surface area contributed by atoms with Gasteiger partial charge in [0.05, 0.1) is 5.56 Å². The molecule has 1 aromatic rings. The highest BCUT2D eigenvalue weighted by molar-refractivity contribution is 6.08. The highest BCUT2D eigenvalue weighted by Crippen LogP contribution is 2.16. The fourth-order valence-electron chi connectivity index (χ4n) is 1.04. The molecule has 0 aliphatic rings. The maximum absolute atomic E-state index is 13.1. The molecular weight excluding hydrogens is 241 g/mol. The van der Waals surface area contributed by atoms with E-state index in [9.17, 15) is 22.8 Å². The van der Waals surface area contributed by atoms with E-state index in [1.807, 2.05) is 0 Å². The molecule has 1 aromatic carbocycles. The summed E-state index contributed by atoms with van der Waals surface area (Å²) in [6.07, 6.45) is 0.127. The van der Waals surface area contributed by atoms with E-state index in [-0.39, 0.29) is 18.2 Å². The first kappa shape index (κ1) is 12.8. The molecule has 4 nitrogen and oxygen atoms in total. The molecule has 0 aromatic heterocycles. The van der Waals surface area contributed by atoms with E-state index in [0.717, 1.165) is 0 Å². The van der Waals surface area contributed by atoms with Gasteiger partial charge >= 0.3 is 5.97 Å². The van der Waals surface area contributed by atoms with Crippen molar-refractivity contribution >= 4 is 11.8 Å². The van der Waals surface area contributed by atoms with Crippen molar-refractivity contribution in [2.24, 2.45) is 0 Å². The number of halogens is 3. The molecule has 0 heterocycles. The molecule has 0 saturated heterocycles. The second-order valence-corrected chi connectivity index (χ2v) is 2.94. The molecule has 0 radical (unpaired) electrons. The Labute approximate surface area is 92.6 Å². The van der Waals surface area contributed by atoms with Crippen LogP contribution in [0.4, 0.5) is 13.2 Å². The Morgan fingerprint density at radius 3 is 1.94 bits per heavy atom. The first-order valence-electron chi connectivity index (χ1n) is 4.15. The maximum atomic E-state index is 13.1. The zero-order valence-corrected chi connectivity index (χ0v) is 8.08. The Bertz CT molecular complexity index is 499. The van der Waals surface area contributed by atoms with Gasteiger partial charge in [0.1, 0.15) is 17.5 Å². The van der Waals surface area contributed by atoms with Crippen LogP contribution in [0.5, 0.6) is 0 Å². The lowest BCUT2D eigenvalue weighted by molar-refractivity contribution is -0.135. The number of hydrogen-bond acceptors (Lipinski definition) is 3. The van der Waals surface area contributed by atoms with Crippen LogP contribution in [0.3, 0.4) is 0 Å². The molecule has 0 bridgehead atoms. The number of carbonyl (C=O) groups is 2. The number of carbonyl (C=O) groups excluding carboxylic acids is 1. The number of allylic oxidation sites excluding steroid dienone is 1. The second-order valence-electron chi connectivity index (χ2n) is 2.94. The van der Waals surface area contributed by atoms with E-state index >= 15 is 0 Å². The zero-order chi connectivity index (χ0) is 13.2. The van der Waals surface area contributed by atoms with Crippen molar-refractivity contribution in [1.82, 2.24) is 0 Å². The van der Waals surface area contributed by atoms with E-state index in [1.165, 1.54) is 0 Å². The van der Waals surface area contributed by atoms with Crippen molar-refractivity contribution in [2.45, 2.75) is 0 Å². The fourth-order valence-corrected chi connectivity index (χ4v) is 1.04. The van der Waals surface area contributed by atoms with Gasteiger partial charge in [0.2, 0.25) is 5.76 Å². The molecule has 90 valence electrons. The Kier molecular flexibility index (Phi) is 3.52. The number of hydrogen-bond donors (Lipinski definition) is 2. The number of rotatable bonds is 3. The molecule has 0 aliphatic heterocycles. The quantitative estimate of drug-likeness (QED) is 0.484. The van der Waals surface area contributed by atoms with Crippen LogP contribution >= 0.6 is 0 Å². The van der Waals surface area contributed by atoms with Gasteiger partial charge in [0, 0.05) is 18.2 Å². The van der Waals surface area contributed by atoms with Gasteiger partial charge in [0.15, 0.2) is 5.78 Å². The Balaban J connectivity index is 3.23. The Morgan fingerprint density at radius 2 is 1.53 bits per heavy atom. The van der Waals surface area contributed by atoms with Crippen molar-refractivity contribution in [3.8, 4) is 0 Å². The third kappa shape index (κ3) is 2.83. The number of carboxylic acids is 1. The number of aliphatic hydroxyl groups excluding tert-OH is 1. The monoisotopic (exact) mass is 246 g/mol. The lowest BCUT2D eigenvalue weighted by Gasteiger charge is -2.01. The average Bonchev–Trinajstić information content (AvgIpc) is 2.15. The molecular formula is C10H5F3O4. The van der Waals surface area contributed by atoms with E-state index in [4.69, 9.17) is 10.2 Å². The van der Waals surface area contributed by atoms with E-state index in [0.29, 0.717) is 0 Å². The standard InChI is InChI=1S/C10H5F3O4/c11-4-1-5(12)9(6(13)2-4)7(14)3-8(15)10(16)17/h1-3,15H,(H,16,17)/b8-3+. The molecule has 0 saturated carbocycles. The highest BCUT2D eigenvalue weighted by atomic mass is 19.1. The van der Waals surface area contributed by atoms with Crippen LogP contribution in [0.25, 0.3) is 0 Å². The molecule has 0 fully saturated rings. The minimum atomic E-state index is -1.83. The van der Waals surface area contributed by atoms with Crippen molar-refractivity contribution < 1.29 is 33.0 Å². The molecule has 0 atom stereocenters. The summed E-state index contributed by atoms with van der Waals surface area (Å²) in [4.78, 5) is 21.4. The number of aliphatic carboxylic acids is 1. The van der Waals surface area contributed by atoms with Crippen LogP contribution in [0, 0.1) is 17.5 Å². The van der Waals surface area contributed by atoms with Crippen LogP contribution in [-0.4, -0.2) is 22.0 Å². The topological polar surface area (TPSA) is 74.6 Å². The minimum absolute atomic E-state index is 0.127. The summed E-state index contributed by atoms with van der Waals surface area (Å²) in [6, 6.07) is 0.532. The summed E-state index contributed by atoms with van der Waals surface area (Å²) >= 11 is 0. The van der Waals surface area contributed by atoms with Crippen molar-refractivity contribution in [1.29, 1.82) is 0 Å². The first-order chi connectivity index (χ1) is 7.82. The molecule has 1 rings (SSSR count). The molecule has 0 spiro atoms. The molecule has 0 aliphatic carbocycles.